The fourth-order valence-electron chi connectivity index (χ4n) is 1.98. The standard InChI is InChI=1S/C13H17ClFN/c14-13-8-12(15)5-4-11(13)9-16-7-6-10-2-1-3-10/h4-5,8,10,16H,1-3,6-7,9H2. The van der Waals surface area contributed by atoms with Gasteiger partial charge in [0.1, 0.15) is 5.82 Å². The lowest BCUT2D eigenvalue weighted by Gasteiger charge is -2.25. The van der Waals surface area contributed by atoms with Crippen LogP contribution in [0, 0.1) is 11.7 Å². The third-order valence-electron chi connectivity index (χ3n) is 3.28. The zero-order chi connectivity index (χ0) is 11.4. The summed E-state index contributed by atoms with van der Waals surface area (Å²) >= 11 is 5.93. The van der Waals surface area contributed by atoms with E-state index in [9.17, 15) is 4.39 Å². The molecule has 0 saturated heterocycles. The van der Waals surface area contributed by atoms with E-state index in [1.165, 1.54) is 37.8 Å². The van der Waals surface area contributed by atoms with E-state index in [-0.39, 0.29) is 5.82 Å². The van der Waals surface area contributed by atoms with Crippen LogP contribution in [0.5, 0.6) is 0 Å². The molecule has 1 aromatic rings. The zero-order valence-electron chi connectivity index (χ0n) is 9.31. The third kappa shape index (κ3) is 3.19. The normalized spacial score (nSPS) is 16.1. The van der Waals surface area contributed by atoms with Crippen LogP contribution < -0.4 is 5.32 Å². The van der Waals surface area contributed by atoms with Crippen LogP contribution in [-0.2, 0) is 6.54 Å². The van der Waals surface area contributed by atoms with E-state index in [0.717, 1.165) is 24.6 Å². The molecule has 1 aliphatic rings. The van der Waals surface area contributed by atoms with Crippen LogP contribution in [0.15, 0.2) is 18.2 Å². The predicted octanol–water partition coefficient (Wildman–Crippen LogP) is 3.76. The average Bonchev–Trinajstić information content (AvgIpc) is 2.18. The van der Waals surface area contributed by atoms with Gasteiger partial charge in [0.2, 0.25) is 0 Å². The number of hydrogen-bond acceptors (Lipinski definition) is 1. The van der Waals surface area contributed by atoms with Gasteiger partial charge >= 0.3 is 0 Å². The van der Waals surface area contributed by atoms with Gasteiger partial charge in [-0.05, 0) is 36.6 Å². The molecular weight excluding hydrogens is 225 g/mol. The van der Waals surface area contributed by atoms with Crippen LogP contribution in [0.1, 0.15) is 31.2 Å². The Hall–Kier alpha value is -0.600. The highest BCUT2D eigenvalue weighted by molar-refractivity contribution is 6.31. The van der Waals surface area contributed by atoms with Gasteiger partial charge in [0, 0.05) is 11.6 Å². The summed E-state index contributed by atoms with van der Waals surface area (Å²) < 4.78 is 12.8. The molecule has 1 saturated carbocycles. The van der Waals surface area contributed by atoms with E-state index in [1.54, 1.807) is 6.07 Å². The molecule has 1 aromatic carbocycles. The fraction of sp³-hybridized carbons (Fsp3) is 0.538. The Morgan fingerprint density at radius 1 is 1.38 bits per heavy atom. The third-order valence-corrected chi connectivity index (χ3v) is 3.64. The van der Waals surface area contributed by atoms with Crippen LogP contribution in [0.3, 0.4) is 0 Å². The summed E-state index contributed by atoms with van der Waals surface area (Å²) in [6, 6.07) is 4.56. The van der Waals surface area contributed by atoms with Crippen LogP contribution in [0.2, 0.25) is 5.02 Å². The van der Waals surface area contributed by atoms with Crippen LogP contribution in [0.4, 0.5) is 4.39 Å². The molecule has 0 aliphatic heterocycles. The van der Waals surface area contributed by atoms with E-state index >= 15 is 0 Å². The van der Waals surface area contributed by atoms with Crippen molar-refractivity contribution in [1.82, 2.24) is 5.32 Å². The second kappa shape index (κ2) is 5.65. The second-order valence-corrected chi connectivity index (χ2v) is 4.91. The summed E-state index contributed by atoms with van der Waals surface area (Å²) in [5.74, 6) is 0.652. The Balaban J connectivity index is 1.71. The van der Waals surface area contributed by atoms with E-state index in [2.05, 4.69) is 5.32 Å². The highest BCUT2D eigenvalue weighted by Crippen LogP contribution is 2.28. The maximum Gasteiger partial charge on any atom is 0.124 e. The van der Waals surface area contributed by atoms with Gasteiger partial charge in [0.25, 0.3) is 0 Å². The molecule has 1 nitrogen and oxygen atoms in total. The summed E-state index contributed by atoms with van der Waals surface area (Å²) in [7, 11) is 0. The Kier molecular flexibility index (Phi) is 4.19. The first-order valence-corrected chi connectivity index (χ1v) is 6.28. The van der Waals surface area contributed by atoms with Gasteiger partial charge in [-0.3, -0.25) is 0 Å². The maximum atomic E-state index is 12.8. The average molecular weight is 242 g/mol. The number of hydrogen-bond donors (Lipinski definition) is 1. The van der Waals surface area contributed by atoms with Crippen LogP contribution in [0.25, 0.3) is 0 Å². The molecule has 3 heteroatoms. The highest BCUT2D eigenvalue weighted by Gasteiger charge is 2.16. The Morgan fingerprint density at radius 3 is 2.81 bits per heavy atom. The van der Waals surface area contributed by atoms with Crippen LogP contribution in [-0.4, -0.2) is 6.54 Å². The summed E-state index contributed by atoms with van der Waals surface area (Å²) in [6.45, 7) is 1.75. The topological polar surface area (TPSA) is 12.0 Å². The Bertz CT molecular complexity index is 350. The molecule has 0 amide bonds. The molecule has 0 unspecified atom stereocenters. The molecule has 0 aromatic heterocycles. The highest BCUT2D eigenvalue weighted by atomic mass is 35.5. The summed E-state index contributed by atoms with van der Waals surface area (Å²) in [5, 5.41) is 3.86. The Labute approximate surface area is 101 Å². The minimum atomic E-state index is -0.275. The molecule has 16 heavy (non-hydrogen) atoms. The largest absolute Gasteiger partial charge is 0.313 e. The van der Waals surface area contributed by atoms with Crippen molar-refractivity contribution in [3.63, 3.8) is 0 Å². The van der Waals surface area contributed by atoms with E-state index in [0.29, 0.717) is 5.02 Å². The van der Waals surface area contributed by atoms with Gasteiger partial charge in [-0.2, -0.15) is 0 Å². The summed E-state index contributed by atoms with van der Waals surface area (Å²) in [4.78, 5) is 0. The Morgan fingerprint density at radius 2 is 2.19 bits per heavy atom. The molecule has 0 bridgehead atoms. The minimum absolute atomic E-state index is 0.275. The van der Waals surface area contributed by atoms with Crippen molar-refractivity contribution in [2.75, 3.05) is 6.54 Å². The number of nitrogens with one attached hydrogen (secondary N) is 1. The van der Waals surface area contributed by atoms with Gasteiger partial charge in [-0.1, -0.05) is 36.9 Å². The molecule has 0 heterocycles. The molecular formula is C13H17ClFN. The minimum Gasteiger partial charge on any atom is -0.313 e. The molecule has 0 spiro atoms. The monoisotopic (exact) mass is 241 g/mol. The van der Waals surface area contributed by atoms with E-state index in [1.807, 2.05) is 0 Å². The van der Waals surface area contributed by atoms with Crippen molar-refractivity contribution in [2.24, 2.45) is 5.92 Å². The zero-order valence-corrected chi connectivity index (χ0v) is 10.1. The predicted molar refractivity (Wildman–Crippen MR) is 65.1 cm³/mol. The molecule has 88 valence electrons. The smallest absolute Gasteiger partial charge is 0.124 e. The number of halogens is 2. The van der Waals surface area contributed by atoms with Crippen molar-refractivity contribution in [3.8, 4) is 0 Å². The van der Waals surface area contributed by atoms with Gasteiger partial charge in [-0.25, -0.2) is 4.39 Å². The first-order chi connectivity index (χ1) is 7.75. The van der Waals surface area contributed by atoms with Crippen molar-refractivity contribution < 1.29 is 4.39 Å². The second-order valence-electron chi connectivity index (χ2n) is 4.50. The first kappa shape index (κ1) is 11.9. The van der Waals surface area contributed by atoms with Crippen molar-refractivity contribution in [2.45, 2.75) is 32.2 Å². The van der Waals surface area contributed by atoms with Gasteiger partial charge in [-0.15, -0.1) is 0 Å². The molecule has 0 radical (unpaired) electrons. The lowest BCUT2D eigenvalue weighted by Crippen LogP contribution is -2.21. The van der Waals surface area contributed by atoms with Crippen molar-refractivity contribution in [3.05, 3.63) is 34.6 Å². The first-order valence-electron chi connectivity index (χ1n) is 5.90. The lowest BCUT2D eigenvalue weighted by molar-refractivity contribution is 0.292. The van der Waals surface area contributed by atoms with Gasteiger partial charge < -0.3 is 5.32 Å². The molecule has 1 N–H and O–H groups in total. The molecule has 1 aliphatic carbocycles. The lowest BCUT2D eigenvalue weighted by atomic mass is 9.83. The summed E-state index contributed by atoms with van der Waals surface area (Å²) in [5.41, 5.74) is 0.969. The van der Waals surface area contributed by atoms with Crippen LogP contribution >= 0.6 is 11.6 Å². The molecule has 0 atom stereocenters. The number of rotatable bonds is 5. The van der Waals surface area contributed by atoms with E-state index in [4.69, 9.17) is 11.6 Å². The van der Waals surface area contributed by atoms with E-state index < -0.39 is 0 Å². The van der Waals surface area contributed by atoms with Crippen molar-refractivity contribution >= 4 is 11.6 Å². The SMILES string of the molecule is Fc1ccc(CNCCC2CCC2)c(Cl)c1. The molecule has 2 rings (SSSR count). The quantitative estimate of drug-likeness (QED) is 0.774. The maximum absolute atomic E-state index is 12.8. The van der Waals surface area contributed by atoms with Gasteiger partial charge in [0.05, 0.1) is 0 Å². The fourth-order valence-corrected chi connectivity index (χ4v) is 2.21. The summed E-state index contributed by atoms with van der Waals surface area (Å²) in [6.07, 6.45) is 5.42. The van der Waals surface area contributed by atoms with Gasteiger partial charge in [0.15, 0.2) is 0 Å². The number of benzene rings is 1. The van der Waals surface area contributed by atoms with Crippen molar-refractivity contribution in [1.29, 1.82) is 0 Å². The molecule has 1 fully saturated rings.